The molecule has 0 spiro atoms. The molecule has 0 aromatic heterocycles. The minimum Gasteiger partial charge on any atom is -0.508 e. The molecule has 3 aromatic carbocycles. The van der Waals surface area contributed by atoms with Crippen molar-refractivity contribution in [2.24, 2.45) is 5.73 Å². The van der Waals surface area contributed by atoms with Crippen molar-refractivity contribution in [1.82, 2.24) is 21.3 Å². The molecule has 0 bridgehead atoms. The zero-order chi connectivity index (χ0) is 37.8. The van der Waals surface area contributed by atoms with Gasteiger partial charge >= 0.3 is 5.97 Å². The van der Waals surface area contributed by atoms with E-state index in [1.807, 2.05) is 0 Å². The standard InChI is InChI=1S/C35H43N5O11/c1-18(41)29(39-31(46)26(36)15-20-3-9-23(43)10-4-20)34(49)38-27(16-21-5-11-24(44)12-6-21)32(47)37-28(17-22-7-13-25(45)14-8-22)33(48)40-30(19(2)42)35(50)51/h3-14,18-19,26-30,41-45H,15-17,36H2,1-2H3,(H,37,47)(H,38,49)(H,39,46)(H,40,48)(H,50,51)/t18-,19-,26+,27+,28+,29+,30+/m1/s1. The van der Waals surface area contributed by atoms with Crippen LogP contribution in [0.5, 0.6) is 17.2 Å². The van der Waals surface area contributed by atoms with Gasteiger partial charge in [-0.3, -0.25) is 19.2 Å². The zero-order valence-corrected chi connectivity index (χ0v) is 27.9. The Balaban J connectivity index is 1.87. The first-order valence-electron chi connectivity index (χ1n) is 15.9. The SMILES string of the molecule is C[C@@H](O)[C@H](NC(=O)[C@H](Cc1ccc(O)cc1)NC(=O)[C@H](Cc1ccc(O)cc1)NC(=O)[C@@H](NC(=O)[C@@H](N)Cc1ccc(O)cc1)[C@@H](C)O)C(=O)O. The Kier molecular flexibility index (Phi) is 14.3. The summed E-state index contributed by atoms with van der Waals surface area (Å²) in [5, 5.41) is 68.4. The molecule has 274 valence electrons. The Bertz CT molecular complexity index is 1650. The minimum atomic E-state index is -1.72. The lowest BCUT2D eigenvalue weighted by molar-refractivity contribution is -0.145. The van der Waals surface area contributed by atoms with Gasteiger partial charge in [0.2, 0.25) is 23.6 Å². The van der Waals surface area contributed by atoms with E-state index in [4.69, 9.17) is 5.73 Å². The summed E-state index contributed by atoms with van der Waals surface area (Å²) in [4.78, 5) is 65.5. The molecule has 12 N–H and O–H groups in total. The van der Waals surface area contributed by atoms with Crippen molar-refractivity contribution in [3.63, 3.8) is 0 Å². The quantitative estimate of drug-likeness (QED) is 0.0801. The normalized spacial score (nSPS) is 15.2. The lowest BCUT2D eigenvalue weighted by Crippen LogP contribution is -2.61. The van der Waals surface area contributed by atoms with Crippen LogP contribution in [0.25, 0.3) is 0 Å². The number of aliphatic hydroxyl groups is 2. The first kappa shape index (κ1) is 39.7. The molecule has 0 unspecified atom stereocenters. The number of carboxylic acids is 1. The third kappa shape index (κ3) is 12.3. The van der Waals surface area contributed by atoms with Crippen LogP contribution >= 0.6 is 0 Å². The number of phenolic OH excluding ortho intramolecular Hbond substituents is 3. The number of nitrogens with two attached hydrogens (primary N) is 1. The average molecular weight is 710 g/mol. The number of carboxylic acid groups (broad SMARTS) is 1. The second-order valence-electron chi connectivity index (χ2n) is 12.1. The summed E-state index contributed by atoms with van der Waals surface area (Å²) in [6.07, 6.45) is -3.32. The maximum Gasteiger partial charge on any atom is 0.328 e. The molecule has 7 atom stereocenters. The van der Waals surface area contributed by atoms with Gasteiger partial charge in [0.25, 0.3) is 0 Å². The van der Waals surface area contributed by atoms with E-state index < -0.39 is 72.0 Å². The van der Waals surface area contributed by atoms with E-state index in [9.17, 15) is 54.6 Å². The van der Waals surface area contributed by atoms with Crippen molar-refractivity contribution in [2.75, 3.05) is 0 Å². The van der Waals surface area contributed by atoms with E-state index in [0.717, 1.165) is 6.92 Å². The monoisotopic (exact) mass is 709 g/mol. The number of nitrogens with one attached hydrogen (secondary N) is 4. The fourth-order valence-electron chi connectivity index (χ4n) is 4.97. The summed E-state index contributed by atoms with van der Waals surface area (Å²) >= 11 is 0. The van der Waals surface area contributed by atoms with Crippen molar-refractivity contribution < 1.29 is 54.6 Å². The molecular weight excluding hydrogens is 666 g/mol. The molecule has 0 fully saturated rings. The van der Waals surface area contributed by atoms with Crippen molar-refractivity contribution >= 4 is 29.6 Å². The van der Waals surface area contributed by atoms with Gasteiger partial charge in [-0.25, -0.2) is 4.79 Å². The number of aliphatic carboxylic acids is 1. The van der Waals surface area contributed by atoms with Gasteiger partial charge in [-0.2, -0.15) is 0 Å². The van der Waals surface area contributed by atoms with E-state index in [-0.39, 0.29) is 36.5 Å². The summed E-state index contributed by atoms with van der Waals surface area (Å²) in [6, 6.07) is 9.91. The lowest BCUT2D eigenvalue weighted by atomic mass is 10.0. The highest BCUT2D eigenvalue weighted by Gasteiger charge is 2.34. The molecule has 3 aromatic rings. The molecule has 0 saturated carbocycles. The first-order valence-corrected chi connectivity index (χ1v) is 15.9. The Morgan fingerprint density at radius 3 is 1.24 bits per heavy atom. The number of hydrogen-bond donors (Lipinski definition) is 11. The molecule has 0 radical (unpaired) electrons. The van der Waals surface area contributed by atoms with Crippen LogP contribution in [0.15, 0.2) is 72.8 Å². The molecule has 0 saturated heterocycles. The molecular formula is C35H43N5O11. The van der Waals surface area contributed by atoms with Crippen molar-refractivity contribution in [3.8, 4) is 17.2 Å². The summed E-state index contributed by atoms with van der Waals surface area (Å²) in [7, 11) is 0. The second-order valence-corrected chi connectivity index (χ2v) is 12.1. The smallest absolute Gasteiger partial charge is 0.328 e. The van der Waals surface area contributed by atoms with Gasteiger partial charge in [0.1, 0.15) is 35.4 Å². The molecule has 0 heterocycles. The summed E-state index contributed by atoms with van der Waals surface area (Å²) < 4.78 is 0. The van der Waals surface area contributed by atoms with E-state index in [1.54, 1.807) is 12.1 Å². The predicted octanol–water partition coefficient (Wildman–Crippen LogP) is -1.06. The average Bonchev–Trinajstić information content (AvgIpc) is 3.07. The number of amides is 4. The van der Waals surface area contributed by atoms with Crippen molar-refractivity contribution in [1.29, 1.82) is 0 Å². The van der Waals surface area contributed by atoms with E-state index in [2.05, 4.69) is 21.3 Å². The number of benzene rings is 3. The lowest BCUT2D eigenvalue weighted by Gasteiger charge is -2.28. The molecule has 16 nitrogen and oxygen atoms in total. The highest BCUT2D eigenvalue weighted by atomic mass is 16.4. The largest absolute Gasteiger partial charge is 0.508 e. The number of rotatable bonds is 17. The van der Waals surface area contributed by atoms with Crippen molar-refractivity contribution in [2.45, 2.75) is 75.5 Å². The maximum atomic E-state index is 13.9. The molecule has 0 aliphatic heterocycles. The number of aromatic hydroxyl groups is 3. The second kappa shape index (κ2) is 18.3. The van der Waals surface area contributed by atoms with E-state index in [0.29, 0.717) is 16.7 Å². The highest BCUT2D eigenvalue weighted by molar-refractivity contribution is 5.96. The van der Waals surface area contributed by atoms with Crippen LogP contribution in [0.1, 0.15) is 30.5 Å². The van der Waals surface area contributed by atoms with Crippen LogP contribution in [0.3, 0.4) is 0 Å². The van der Waals surface area contributed by atoms with Crippen LogP contribution in [0, 0.1) is 0 Å². The zero-order valence-electron chi connectivity index (χ0n) is 27.9. The van der Waals surface area contributed by atoms with Crippen LogP contribution in [0.4, 0.5) is 0 Å². The minimum absolute atomic E-state index is 0.0185. The van der Waals surface area contributed by atoms with Gasteiger partial charge in [0.05, 0.1) is 18.2 Å². The fourth-order valence-corrected chi connectivity index (χ4v) is 4.97. The van der Waals surface area contributed by atoms with Gasteiger partial charge in [-0.05, 0) is 73.4 Å². The Morgan fingerprint density at radius 2 is 0.863 bits per heavy atom. The van der Waals surface area contributed by atoms with Crippen LogP contribution in [0.2, 0.25) is 0 Å². The number of phenols is 3. The van der Waals surface area contributed by atoms with Crippen molar-refractivity contribution in [3.05, 3.63) is 89.5 Å². The number of carbonyl (C=O) groups excluding carboxylic acids is 4. The third-order valence-electron chi connectivity index (χ3n) is 7.86. The summed E-state index contributed by atoms with van der Waals surface area (Å²) in [6.45, 7) is 2.40. The summed E-state index contributed by atoms with van der Waals surface area (Å²) in [5.41, 5.74) is 7.58. The number of aliphatic hydroxyl groups excluding tert-OH is 2. The highest BCUT2D eigenvalue weighted by Crippen LogP contribution is 2.15. The Labute approximate surface area is 293 Å². The van der Waals surface area contributed by atoms with Crippen LogP contribution < -0.4 is 27.0 Å². The van der Waals surface area contributed by atoms with E-state index >= 15 is 0 Å². The molecule has 3 rings (SSSR count). The third-order valence-corrected chi connectivity index (χ3v) is 7.86. The fraction of sp³-hybridized carbons (Fsp3) is 0.343. The molecule has 0 aliphatic rings. The maximum absolute atomic E-state index is 13.9. The molecule has 51 heavy (non-hydrogen) atoms. The predicted molar refractivity (Wildman–Crippen MR) is 182 cm³/mol. The van der Waals surface area contributed by atoms with Gasteiger partial charge in [-0.15, -0.1) is 0 Å². The Morgan fingerprint density at radius 1 is 0.529 bits per heavy atom. The van der Waals surface area contributed by atoms with Crippen LogP contribution in [-0.2, 0) is 43.2 Å². The topological polar surface area (TPSA) is 281 Å². The number of hydrogen-bond acceptors (Lipinski definition) is 11. The molecule has 0 aliphatic carbocycles. The van der Waals surface area contributed by atoms with Gasteiger partial charge in [0.15, 0.2) is 6.04 Å². The Hall–Kier alpha value is -5.71. The number of carbonyl (C=O) groups is 5. The van der Waals surface area contributed by atoms with Gasteiger partial charge < -0.3 is 57.6 Å². The van der Waals surface area contributed by atoms with Gasteiger partial charge in [-0.1, -0.05) is 36.4 Å². The molecule has 16 heteroatoms. The summed E-state index contributed by atoms with van der Waals surface area (Å²) in [5.74, 6) is -5.31. The van der Waals surface area contributed by atoms with E-state index in [1.165, 1.54) is 67.6 Å². The molecule has 4 amide bonds. The van der Waals surface area contributed by atoms with Crippen LogP contribution in [-0.4, -0.2) is 103 Å². The van der Waals surface area contributed by atoms with Gasteiger partial charge in [0, 0.05) is 12.8 Å². The first-order chi connectivity index (χ1) is 24.0.